The van der Waals surface area contributed by atoms with Crippen LogP contribution in [0.2, 0.25) is 0 Å². The molecule has 0 amide bonds. The van der Waals surface area contributed by atoms with Gasteiger partial charge in [0.1, 0.15) is 47.4 Å². The van der Waals surface area contributed by atoms with Gasteiger partial charge in [0.15, 0.2) is 11.3 Å². The summed E-state index contributed by atoms with van der Waals surface area (Å²) in [5, 5.41) is 16.9. The van der Waals surface area contributed by atoms with Crippen molar-refractivity contribution in [2.24, 2.45) is 0 Å². The Labute approximate surface area is 383 Å². The van der Waals surface area contributed by atoms with Gasteiger partial charge in [0.2, 0.25) is 20.0 Å². The molecule has 16 nitrogen and oxygen atoms in total. The normalized spacial score (nSPS) is 22.4. The molecular weight excluding hydrogens is 891 g/mol. The molecule has 4 unspecified atom stereocenters. The van der Waals surface area contributed by atoms with E-state index in [1.165, 1.54) is 28.9 Å². The summed E-state index contributed by atoms with van der Waals surface area (Å²) < 4.78 is 95.8. The first-order chi connectivity index (χ1) is 31.5. The van der Waals surface area contributed by atoms with Crippen molar-refractivity contribution in [2.75, 3.05) is 25.7 Å². The summed E-state index contributed by atoms with van der Waals surface area (Å²) >= 11 is 0. The Hall–Kier alpha value is -5.44. The molecule has 8 heterocycles. The van der Waals surface area contributed by atoms with Crippen LogP contribution in [0.25, 0.3) is 16.9 Å². The first-order valence-electron chi connectivity index (χ1n) is 22.4. The summed E-state index contributed by atoms with van der Waals surface area (Å²) in [5.74, 6) is 2.74. The van der Waals surface area contributed by atoms with Crippen LogP contribution in [0.15, 0.2) is 55.4 Å². The molecule has 4 aliphatic heterocycles. The monoisotopic (exact) mass is 944 g/mol. The lowest BCUT2D eigenvalue weighted by molar-refractivity contribution is 0.186. The van der Waals surface area contributed by atoms with Crippen LogP contribution in [0.5, 0.6) is 11.5 Å². The quantitative estimate of drug-likeness (QED) is 0.164. The lowest BCUT2D eigenvalue weighted by atomic mass is 9.84. The van der Waals surface area contributed by atoms with Crippen molar-refractivity contribution in [3.05, 3.63) is 112 Å². The Bertz CT molecular complexity index is 3080. The van der Waals surface area contributed by atoms with E-state index in [9.17, 15) is 25.6 Å². The van der Waals surface area contributed by atoms with E-state index in [2.05, 4.69) is 25.4 Å². The average molecular weight is 945 g/mol. The van der Waals surface area contributed by atoms with Crippen LogP contribution in [0.4, 0.5) is 8.78 Å². The Morgan fingerprint density at radius 1 is 0.667 bits per heavy atom. The SMILES string of the molecule is CC1C=C(c2cnc(CCc3c(F)ccc4c3CCO4)n3cnnc23)CC(C)N1S(C)(=O)=O.CC1CC(c2cnc(CCc3c(F)ccc4c3CCO4)n3cnnc23)CC(C)N1S(C)(=O)=O. The third kappa shape index (κ3) is 8.79. The van der Waals surface area contributed by atoms with Crippen LogP contribution in [0, 0.1) is 11.6 Å². The Morgan fingerprint density at radius 3 is 1.71 bits per heavy atom. The van der Waals surface area contributed by atoms with Crippen LogP contribution in [-0.4, -0.2) is 115 Å². The number of rotatable bonds is 10. The molecule has 4 aliphatic rings. The Kier molecular flexibility index (Phi) is 12.5. The van der Waals surface area contributed by atoms with Crippen LogP contribution in [0.3, 0.4) is 0 Å². The molecule has 0 spiro atoms. The number of aryl methyl sites for hydroxylation is 2. The maximum atomic E-state index is 14.5. The van der Waals surface area contributed by atoms with Crippen LogP contribution >= 0.6 is 0 Å². The second-order valence-corrected chi connectivity index (χ2v) is 21.8. The summed E-state index contributed by atoms with van der Waals surface area (Å²) in [4.78, 5) is 9.37. The van der Waals surface area contributed by atoms with Gasteiger partial charge in [-0.1, -0.05) is 6.08 Å². The zero-order chi connectivity index (χ0) is 46.7. The van der Waals surface area contributed by atoms with Crippen molar-refractivity contribution in [2.45, 2.75) is 116 Å². The maximum absolute atomic E-state index is 14.5. The number of halogens is 2. The minimum absolute atomic E-state index is 0.109. The summed E-state index contributed by atoms with van der Waals surface area (Å²) in [6, 6.07) is 5.65. The third-order valence-corrected chi connectivity index (χ3v) is 16.3. The van der Waals surface area contributed by atoms with Crippen molar-refractivity contribution in [1.29, 1.82) is 0 Å². The molecular formula is C46H54F2N10O6S2. The number of hydrogen-bond donors (Lipinski definition) is 0. The van der Waals surface area contributed by atoms with Crippen LogP contribution < -0.4 is 9.47 Å². The number of nitrogens with zero attached hydrogens (tertiary/aromatic N) is 10. The summed E-state index contributed by atoms with van der Waals surface area (Å²) in [6.45, 7) is 8.84. The first kappa shape index (κ1) is 45.7. The Balaban J connectivity index is 0.000000166. The number of ether oxygens (including phenoxy) is 2. The van der Waals surface area contributed by atoms with E-state index < -0.39 is 20.0 Å². The standard InChI is InChI=1S/C23H28FN5O3S.C23H26FN5O3S/c2*1-14-10-16(11-15(2)29(14)33(3,30)31)19-12-25-22(28-13-26-27-23(19)28)7-4-17-18-8-9-32-21(18)6-5-20(17)24/h5-6,12-16H,4,7-11H2,1-3H3;5-6,10,12-15H,4,7-9,11H2,1-3H3. The molecule has 0 aliphatic carbocycles. The lowest BCUT2D eigenvalue weighted by Gasteiger charge is -2.40. The molecule has 1 saturated heterocycles. The van der Waals surface area contributed by atoms with Crippen molar-refractivity contribution >= 4 is 36.9 Å². The van der Waals surface area contributed by atoms with E-state index >= 15 is 0 Å². The van der Waals surface area contributed by atoms with E-state index in [4.69, 9.17) is 14.5 Å². The molecule has 4 aromatic heterocycles. The molecule has 1 fully saturated rings. The summed E-state index contributed by atoms with van der Waals surface area (Å²) in [5.41, 5.74) is 7.47. The minimum atomic E-state index is -3.31. The van der Waals surface area contributed by atoms with Gasteiger partial charge < -0.3 is 9.47 Å². The number of piperidine rings is 1. The van der Waals surface area contributed by atoms with E-state index in [1.807, 2.05) is 48.8 Å². The van der Waals surface area contributed by atoms with Gasteiger partial charge in [0.25, 0.3) is 0 Å². The number of aromatic nitrogens is 8. The highest BCUT2D eigenvalue weighted by atomic mass is 32.2. The highest BCUT2D eigenvalue weighted by molar-refractivity contribution is 7.88. The fraction of sp³-hybridized carbons (Fsp3) is 0.478. The van der Waals surface area contributed by atoms with E-state index in [-0.39, 0.29) is 41.7 Å². The molecule has 4 atom stereocenters. The first-order valence-corrected chi connectivity index (χ1v) is 26.1. The molecule has 20 heteroatoms. The van der Waals surface area contributed by atoms with Crippen molar-refractivity contribution in [1.82, 2.24) is 47.8 Å². The zero-order valence-corrected chi connectivity index (χ0v) is 39.5. The van der Waals surface area contributed by atoms with Gasteiger partial charge in [-0.3, -0.25) is 8.80 Å². The second-order valence-electron chi connectivity index (χ2n) is 18.0. The molecule has 66 heavy (non-hydrogen) atoms. The number of benzene rings is 2. The lowest BCUT2D eigenvalue weighted by Crippen LogP contribution is -2.48. The van der Waals surface area contributed by atoms with Crippen LogP contribution in [-0.2, 0) is 58.6 Å². The van der Waals surface area contributed by atoms with Gasteiger partial charge in [0, 0.05) is 84.5 Å². The van der Waals surface area contributed by atoms with Gasteiger partial charge in [-0.05, 0) is 107 Å². The third-order valence-electron chi connectivity index (χ3n) is 13.4. The fourth-order valence-electron chi connectivity index (χ4n) is 10.8. The predicted octanol–water partition coefficient (Wildman–Crippen LogP) is 5.71. The Morgan fingerprint density at radius 2 is 1.18 bits per heavy atom. The van der Waals surface area contributed by atoms with Gasteiger partial charge in [-0.2, -0.15) is 8.61 Å². The smallest absolute Gasteiger partial charge is 0.211 e. The van der Waals surface area contributed by atoms with Crippen molar-refractivity contribution in [3.63, 3.8) is 0 Å². The van der Waals surface area contributed by atoms with E-state index in [1.54, 1.807) is 35.3 Å². The molecule has 2 aromatic carbocycles. The van der Waals surface area contributed by atoms with Gasteiger partial charge in [-0.25, -0.2) is 35.6 Å². The number of sulfonamides is 2. The molecule has 0 N–H and O–H groups in total. The van der Waals surface area contributed by atoms with Gasteiger partial charge in [0.05, 0.1) is 25.7 Å². The molecule has 0 bridgehead atoms. The number of hydrogen-bond acceptors (Lipinski definition) is 12. The fourth-order valence-corrected chi connectivity index (χ4v) is 13.7. The maximum Gasteiger partial charge on any atom is 0.211 e. The molecule has 0 saturated carbocycles. The zero-order valence-electron chi connectivity index (χ0n) is 37.9. The predicted molar refractivity (Wildman–Crippen MR) is 243 cm³/mol. The highest BCUT2D eigenvalue weighted by Crippen LogP contribution is 2.38. The largest absolute Gasteiger partial charge is 0.493 e. The van der Waals surface area contributed by atoms with Crippen LogP contribution in [0.1, 0.15) is 97.9 Å². The molecule has 0 radical (unpaired) electrons. The summed E-state index contributed by atoms with van der Waals surface area (Å²) in [6.07, 6.45) is 16.8. The van der Waals surface area contributed by atoms with E-state index in [0.29, 0.717) is 81.4 Å². The average Bonchev–Trinajstić information content (AvgIpc) is 4.09. The van der Waals surface area contributed by atoms with Gasteiger partial charge >= 0.3 is 0 Å². The molecule has 10 rings (SSSR count). The second kappa shape index (κ2) is 18.0. The summed E-state index contributed by atoms with van der Waals surface area (Å²) in [7, 11) is -6.57. The van der Waals surface area contributed by atoms with Gasteiger partial charge in [-0.15, -0.1) is 20.4 Å². The van der Waals surface area contributed by atoms with E-state index in [0.717, 1.165) is 63.0 Å². The number of fused-ring (bicyclic) bond motifs is 4. The minimum Gasteiger partial charge on any atom is -0.493 e. The highest BCUT2D eigenvalue weighted by Gasteiger charge is 2.38. The molecule has 350 valence electrons. The molecule has 6 aromatic rings. The topological polar surface area (TPSA) is 179 Å². The van der Waals surface area contributed by atoms with Crippen molar-refractivity contribution in [3.8, 4) is 11.5 Å². The van der Waals surface area contributed by atoms with Crippen molar-refractivity contribution < 1.29 is 35.1 Å².